The van der Waals surface area contributed by atoms with Crippen LogP contribution >= 0.6 is 11.3 Å². The molecular formula is C22H22N4O2S. The molecule has 2 aromatic carbocycles. The van der Waals surface area contributed by atoms with E-state index in [0.29, 0.717) is 22.8 Å². The Balaban J connectivity index is 1.34. The monoisotopic (exact) mass is 406 g/mol. The van der Waals surface area contributed by atoms with Gasteiger partial charge in [0.05, 0.1) is 5.69 Å². The summed E-state index contributed by atoms with van der Waals surface area (Å²) in [6.45, 7) is 2.28. The predicted octanol–water partition coefficient (Wildman–Crippen LogP) is 3.31. The number of aromatic nitrogens is 1. The number of likely N-dealkylation sites (N-methyl/N-ethyl adjacent to an activating group) is 1. The molecule has 0 unspecified atom stereocenters. The maximum atomic E-state index is 12.5. The third kappa shape index (κ3) is 4.70. The van der Waals surface area contributed by atoms with Crippen LogP contribution in [0, 0.1) is 0 Å². The van der Waals surface area contributed by atoms with Gasteiger partial charge in [0.25, 0.3) is 11.8 Å². The number of carbonyl (C=O) groups is 2. The number of carbonyl (C=O) groups excluding carboxylic acids is 2. The molecule has 7 heteroatoms. The van der Waals surface area contributed by atoms with Crippen molar-refractivity contribution in [2.24, 2.45) is 0 Å². The second-order valence-electron chi connectivity index (χ2n) is 7.08. The highest BCUT2D eigenvalue weighted by Gasteiger charge is 2.19. The largest absolute Gasteiger partial charge is 0.348 e. The molecule has 6 nitrogen and oxygen atoms in total. The Morgan fingerprint density at radius 2 is 1.76 bits per heavy atom. The number of hydrogen-bond donors (Lipinski definition) is 2. The Labute approximate surface area is 173 Å². The summed E-state index contributed by atoms with van der Waals surface area (Å²) in [5, 5.41) is 6.43. The molecule has 0 saturated carbocycles. The first-order chi connectivity index (χ1) is 14.1. The molecule has 0 saturated heterocycles. The van der Waals surface area contributed by atoms with Gasteiger partial charge in [-0.2, -0.15) is 0 Å². The SMILES string of the molecule is CN1CCc2nc(NC(=O)c3ccc(CNC(=O)c4ccccc4)cc3)sc2C1. The zero-order chi connectivity index (χ0) is 20.2. The van der Waals surface area contributed by atoms with Gasteiger partial charge < -0.3 is 10.2 Å². The lowest BCUT2D eigenvalue weighted by molar-refractivity contribution is 0.0949. The number of fused-ring (bicyclic) bond motifs is 1. The minimum Gasteiger partial charge on any atom is -0.348 e. The lowest BCUT2D eigenvalue weighted by Gasteiger charge is -2.20. The summed E-state index contributed by atoms with van der Waals surface area (Å²) in [6.07, 6.45) is 0.918. The molecule has 29 heavy (non-hydrogen) atoms. The lowest BCUT2D eigenvalue weighted by atomic mass is 10.1. The highest BCUT2D eigenvalue weighted by Crippen LogP contribution is 2.28. The van der Waals surface area contributed by atoms with Crippen LogP contribution < -0.4 is 10.6 Å². The van der Waals surface area contributed by atoms with Crippen molar-refractivity contribution in [2.45, 2.75) is 19.5 Å². The summed E-state index contributed by atoms with van der Waals surface area (Å²) in [4.78, 5) is 32.7. The lowest BCUT2D eigenvalue weighted by Crippen LogP contribution is -2.25. The van der Waals surface area contributed by atoms with E-state index in [1.807, 2.05) is 30.3 Å². The second-order valence-corrected chi connectivity index (χ2v) is 8.16. The minimum atomic E-state index is -0.177. The highest BCUT2D eigenvalue weighted by molar-refractivity contribution is 7.15. The van der Waals surface area contributed by atoms with Gasteiger partial charge in [0, 0.05) is 42.1 Å². The molecule has 0 aliphatic carbocycles. The fourth-order valence-corrected chi connectivity index (χ4v) is 4.28. The van der Waals surface area contributed by atoms with Crippen LogP contribution in [0.2, 0.25) is 0 Å². The van der Waals surface area contributed by atoms with Crippen molar-refractivity contribution >= 4 is 28.3 Å². The molecule has 1 aromatic heterocycles. The summed E-state index contributed by atoms with van der Waals surface area (Å²) in [6, 6.07) is 16.3. The van der Waals surface area contributed by atoms with E-state index in [0.717, 1.165) is 30.8 Å². The fraction of sp³-hybridized carbons (Fsp3) is 0.227. The Hall–Kier alpha value is -3.03. The van der Waals surface area contributed by atoms with E-state index in [2.05, 4.69) is 27.6 Å². The van der Waals surface area contributed by atoms with E-state index in [9.17, 15) is 9.59 Å². The quantitative estimate of drug-likeness (QED) is 0.682. The standard InChI is InChI=1S/C22H22N4O2S/c1-26-12-11-18-19(14-26)29-22(24-18)25-21(28)17-9-7-15(8-10-17)13-23-20(27)16-5-3-2-4-6-16/h2-10H,11-14H2,1H3,(H,23,27)(H,24,25,28). The van der Waals surface area contributed by atoms with Gasteiger partial charge in [0.2, 0.25) is 0 Å². The summed E-state index contributed by atoms with van der Waals surface area (Å²) in [5.74, 6) is -0.296. The number of benzene rings is 2. The third-order valence-electron chi connectivity index (χ3n) is 4.85. The van der Waals surface area contributed by atoms with Crippen LogP contribution in [-0.2, 0) is 19.5 Å². The van der Waals surface area contributed by atoms with E-state index in [1.54, 1.807) is 35.6 Å². The predicted molar refractivity (Wildman–Crippen MR) is 114 cm³/mol. The molecule has 2 heterocycles. The van der Waals surface area contributed by atoms with Gasteiger partial charge in [0.15, 0.2) is 5.13 Å². The molecule has 0 bridgehead atoms. The van der Waals surface area contributed by atoms with E-state index in [-0.39, 0.29) is 11.8 Å². The van der Waals surface area contributed by atoms with Gasteiger partial charge in [-0.3, -0.25) is 14.9 Å². The Morgan fingerprint density at radius 1 is 1.03 bits per heavy atom. The van der Waals surface area contributed by atoms with Crippen LogP contribution in [0.1, 0.15) is 36.9 Å². The number of anilines is 1. The van der Waals surface area contributed by atoms with Crippen LogP contribution in [0.5, 0.6) is 0 Å². The molecule has 3 aromatic rings. The summed E-state index contributed by atoms with van der Waals surface area (Å²) in [7, 11) is 2.09. The number of rotatable bonds is 5. The van der Waals surface area contributed by atoms with Gasteiger partial charge in [-0.25, -0.2) is 4.98 Å². The van der Waals surface area contributed by atoms with E-state index >= 15 is 0 Å². The molecule has 1 aliphatic rings. The zero-order valence-corrected chi connectivity index (χ0v) is 17.0. The summed E-state index contributed by atoms with van der Waals surface area (Å²) in [5.41, 5.74) is 3.21. The number of thiazole rings is 1. The van der Waals surface area contributed by atoms with E-state index in [1.165, 1.54) is 4.88 Å². The van der Waals surface area contributed by atoms with Crippen molar-refractivity contribution in [3.05, 3.63) is 81.9 Å². The van der Waals surface area contributed by atoms with Crippen LogP contribution in [0.3, 0.4) is 0 Å². The minimum absolute atomic E-state index is 0.120. The van der Waals surface area contributed by atoms with Crippen LogP contribution in [0.25, 0.3) is 0 Å². The molecule has 4 rings (SSSR count). The first-order valence-electron chi connectivity index (χ1n) is 9.49. The smallest absolute Gasteiger partial charge is 0.257 e. The molecule has 0 fully saturated rings. The maximum Gasteiger partial charge on any atom is 0.257 e. The number of nitrogens with one attached hydrogen (secondary N) is 2. The van der Waals surface area contributed by atoms with Crippen molar-refractivity contribution in [1.82, 2.24) is 15.2 Å². The first-order valence-corrected chi connectivity index (χ1v) is 10.3. The molecule has 1 aliphatic heterocycles. The average Bonchev–Trinajstić information content (AvgIpc) is 3.14. The van der Waals surface area contributed by atoms with Gasteiger partial charge in [0.1, 0.15) is 0 Å². The van der Waals surface area contributed by atoms with E-state index < -0.39 is 0 Å². The third-order valence-corrected chi connectivity index (χ3v) is 5.85. The summed E-state index contributed by atoms with van der Waals surface area (Å²) < 4.78 is 0. The zero-order valence-electron chi connectivity index (χ0n) is 16.1. The van der Waals surface area contributed by atoms with Crippen molar-refractivity contribution in [1.29, 1.82) is 0 Å². The molecule has 0 atom stereocenters. The van der Waals surface area contributed by atoms with Crippen molar-refractivity contribution in [3.63, 3.8) is 0 Å². The fourth-order valence-electron chi connectivity index (χ4n) is 3.19. The molecule has 2 amide bonds. The first kappa shape index (κ1) is 19.3. The highest BCUT2D eigenvalue weighted by atomic mass is 32.1. The van der Waals surface area contributed by atoms with Gasteiger partial charge >= 0.3 is 0 Å². The topological polar surface area (TPSA) is 74.3 Å². The normalized spacial score (nSPS) is 13.6. The Bertz CT molecular complexity index is 1020. The van der Waals surface area contributed by atoms with Gasteiger partial charge in [-0.1, -0.05) is 30.3 Å². The molecule has 148 valence electrons. The number of nitrogens with zero attached hydrogens (tertiary/aromatic N) is 2. The van der Waals surface area contributed by atoms with Crippen LogP contribution in [0.4, 0.5) is 5.13 Å². The van der Waals surface area contributed by atoms with Crippen LogP contribution in [-0.4, -0.2) is 35.3 Å². The van der Waals surface area contributed by atoms with E-state index in [4.69, 9.17) is 0 Å². The van der Waals surface area contributed by atoms with Crippen molar-refractivity contribution in [2.75, 3.05) is 18.9 Å². The Morgan fingerprint density at radius 3 is 2.52 bits per heavy atom. The number of hydrogen-bond acceptors (Lipinski definition) is 5. The van der Waals surface area contributed by atoms with Gasteiger partial charge in [-0.15, -0.1) is 11.3 Å². The number of amides is 2. The van der Waals surface area contributed by atoms with Crippen molar-refractivity contribution in [3.8, 4) is 0 Å². The maximum absolute atomic E-state index is 12.5. The molecular weight excluding hydrogens is 384 g/mol. The van der Waals surface area contributed by atoms with Crippen molar-refractivity contribution < 1.29 is 9.59 Å². The molecule has 2 N–H and O–H groups in total. The Kier molecular flexibility index (Phi) is 5.69. The molecule has 0 radical (unpaired) electrons. The summed E-state index contributed by atoms with van der Waals surface area (Å²) >= 11 is 1.54. The van der Waals surface area contributed by atoms with Gasteiger partial charge in [-0.05, 0) is 36.9 Å². The second kappa shape index (κ2) is 8.55. The van der Waals surface area contributed by atoms with Crippen LogP contribution in [0.15, 0.2) is 54.6 Å². The molecule has 0 spiro atoms. The average molecular weight is 407 g/mol.